The maximum atomic E-state index is 12.2. The van der Waals surface area contributed by atoms with Crippen molar-refractivity contribution in [3.05, 3.63) is 65.7 Å². The molecule has 1 heterocycles. The molecule has 2 aromatic carbocycles. The molecule has 28 heavy (non-hydrogen) atoms. The monoisotopic (exact) mass is 383 g/mol. The van der Waals surface area contributed by atoms with E-state index in [2.05, 4.69) is 5.32 Å². The van der Waals surface area contributed by atoms with Crippen molar-refractivity contribution < 1.29 is 23.8 Å². The molecule has 1 N–H and O–H groups in total. The van der Waals surface area contributed by atoms with Crippen LogP contribution in [-0.4, -0.2) is 37.3 Å². The van der Waals surface area contributed by atoms with Gasteiger partial charge in [0.1, 0.15) is 12.4 Å². The predicted molar refractivity (Wildman–Crippen MR) is 104 cm³/mol. The Morgan fingerprint density at radius 2 is 1.89 bits per heavy atom. The van der Waals surface area contributed by atoms with Gasteiger partial charge in [-0.25, -0.2) is 4.79 Å². The van der Waals surface area contributed by atoms with Gasteiger partial charge < -0.3 is 19.5 Å². The first-order valence-electron chi connectivity index (χ1n) is 9.49. The lowest BCUT2D eigenvalue weighted by Gasteiger charge is -2.14. The second-order valence-electron chi connectivity index (χ2n) is 6.72. The third-order valence-corrected chi connectivity index (χ3v) is 4.51. The molecule has 2 unspecified atom stereocenters. The molecule has 2 aromatic rings. The molecule has 0 saturated carbocycles. The minimum absolute atomic E-state index is 0.139. The van der Waals surface area contributed by atoms with E-state index < -0.39 is 12.1 Å². The highest BCUT2D eigenvalue weighted by Gasteiger charge is 2.19. The highest BCUT2D eigenvalue weighted by molar-refractivity contribution is 5.92. The second-order valence-corrected chi connectivity index (χ2v) is 6.72. The molecule has 1 aliphatic heterocycles. The van der Waals surface area contributed by atoms with Gasteiger partial charge in [-0.15, -0.1) is 0 Å². The summed E-state index contributed by atoms with van der Waals surface area (Å²) >= 11 is 0. The summed E-state index contributed by atoms with van der Waals surface area (Å²) in [6.07, 6.45) is 1.33. The van der Waals surface area contributed by atoms with Crippen molar-refractivity contribution >= 4 is 11.9 Å². The molecule has 2 atom stereocenters. The number of hydrogen-bond donors (Lipinski definition) is 1. The van der Waals surface area contributed by atoms with Gasteiger partial charge in [0.25, 0.3) is 5.91 Å². The number of carbonyl (C=O) groups is 2. The molecule has 6 heteroatoms. The van der Waals surface area contributed by atoms with Crippen LogP contribution < -0.4 is 10.1 Å². The van der Waals surface area contributed by atoms with Crippen LogP contribution in [0.1, 0.15) is 35.7 Å². The lowest BCUT2D eigenvalue weighted by atomic mass is 10.2. The van der Waals surface area contributed by atoms with Crippen molar-refractivity contribution in [3.8, 4) is 5.75 Å². The number of carbonyl (C=O) groups excluding carboxylic acids is 2. The average molecular weight is 383 g/mol. The molecule has 6 nitrogen and oxygen atoms in total. The Bertz CT molecular complexity index is 769. The lowest BCUT2D eigenvalue weighted by molar-refractivity contribution is -0.129. The smallest absolute Gasteiger partial charge is 0.338 e. The molecule has 1 amide bonds. The Morgan fingerprint density at radius 3 is 2.57 bits per heavy atom. The zero-order valence-electron chi connectivity index (χ0n) is 15.9. The predicted octanol–water partition coefficient (Wildman–Crippen LogP) is 3.11. The summed E-state index contributed by atoms with van der Waals surface area (Å²) in [6.45, 7) is 3.23. The molecule has 1 fully saturated rings. The third-order valence-electron chi connectivity index (χ3n) is 4.51. The fraction of sp³-hybridized carbons (Fsp3) is 0.364. The highest BCUT2D eigenvalue weighted by Crippen LogP contribution is 2.17. The highest BCUT2D eigenvalue weighted by atomic mass is 16.5. The van der Waals surface area contributed by atoms with Crippen LogP contribution in [0.15, 0.2) is 54.6 Å². The Labute approximate surface area is 164 Å². The van der Waals surface area contributed by atoms with E-state index in [-0.39, 0.29) is 12.0 Å². The molecule has 3 rings (SSSR count). The molecule has 0 spiro atoms. The number of amides is 1. The summed E-state index contributed by atoms with van der Waals surface area (Å²) in [4.78, 5) is 24.4. The molecule has 0 bridgehead atoms. The Kier molecular flexibility index (Phi) is 7.03. The number of esters is 1. The third kappa shape index (κ3) is 5.82. The van der Waals surface area contributed by atoms with E-state index in [0.717, 1.165) is 25.0 Å². The van der Waals surface area contributed by atoms with Crippen LogP contribution in [0.25, 0.3) is 0 Å². The van der Waals surface area contributed by atoms with Crippen LogP contribution in [-0.2, 0) is 20.8 Å². The lowest BCUT2D eigenvalue weighted by Crippen LogP contribution is -2.35. The quantitative estimate of drug-likeness (QED) is 0.709. The van der Waals surface area contributed by atoms with Gasteiger partial charge >= 0.3 is 5.97 Å². The average Bonchev–Trinajstić information content (AvgIpc) is 3.25. The second kappa shape index (κ2) is 9.90. The number of ether oxygens (including phenoxy) is 3. The molecule has 1 aliphatic rings. The van der Waals surface area contributed by atoms with Gasteiger partial charge in [0.2, 0.25) is 0 Å². The van der Waals surface area contributed by atoms with Gasteiger partial charge in [-0.2, -0.15) is 0 Å². The van der Waals surface area contributed by atoms with Gasteiger partial charge in [-0.1, -0.05) is 30.3 Å². The van der Waals surface area contributed by atoms with Crippen LogP contribution in [0.2, 0.25) is 0 Å². The molecular formula is C22H25NO5. The van der Waals surface area contributed by atoms with Crippen molar-refractivity contribution in [2.75, 3.05) is 13.2 Å². The van der Waals surface area contributed by atoms with Crippen LogP contribution in [0.4, 0.5) is 0 Å². The van der Waals surface area contributed by atoms with Crippen molar-refractivity contribution in [1.82, 2.24) is 5.32 Å². The molecule has 1 saturated heterocycles. The largest absolute Gasteiger partial charge is 0.491 e. The fourth-order valence-corrected chi connectivity index (χ4v) is 2.86. The minimum atomic E-state index is -0.883. The standard InChI is InChI=1S/C22H25NO5/c1-16(21(24)23-14-17-6-3-2-4-7-17)28-22(25)18-9-11-19(12-10-18)27-15-20-8-5-13-26-20/h2-4,6-7,9-12,16,20H,5,8,13-15H2,1H3,(H,23,24). The summed E-state index contributed by atoms with van der Waals surface area (Å²) in [5.41, 5.74) is 1.35. The van der Waals surface area contributed by atoms with Crippen LogP contribution in [0, 0.1) is 0 Å². The fourth-order valence-electron chi connectivity index (χ4n) is 2.86. The Hall–Kier alpha value is -2.86. The van der Waals surface area contributed by atoms with Crippen LogP contribution >= 0.6 is 0 Å². The zero-order chi connectivity index (χ0) is 19.8. The first kappa shape index (κ1) is 19.9. The van der Waals surface area contributed by atoms with Gasteiger partial charge in [0, 0.05) is 13.2 Å². The van der Waals surface area contributed by atoms with Gasteiger partial charge in [-0.3, -0.25) is 4.79 Å². The maximum absolute atomic E-state index is 12.2. The Balaban J connectivity index is 1.44. The summed E-state index contributed by atoms with van der Waals surface area (Å²) < 4.78 is 16.4. The van der Waals surface area contributed by atoms with E-state index in [1.165, 1.54) is 0 Å². The van der Waals surface area contributed by atoms with Crippen molar-refractivity contribution in [2.45, 2.75) is 38.5 Å². The van der Waals surface area contributed by atoms with Gasteiger partial charge in [0.15, 0.2) is 6.10 Å². The topological polar surface area (TPSA) is 73.9 Å². The van der Waals surface area contributed by atoms with E-state index in [0.29, 0.717) is 24.5 Å². The molecule has 148 valence electrons. The van der Waals surface area contributed by atoms with E-state index in [1.807, 2.05) is 30.3 Å². The summed E-state index contributed by atoms with van der Waals surface area (Å²) in [6, 6.07) is 16.2. The summed E-state index contributed by atoms with van der Waals surface area (Å²) in [5.74, 6) is -0.220. The molecule has 0 aromatic heterocycles. The normalized spacial score (nSPS) is 17.0. The molecule has 0 radical (unpaired) electrons. The Morgan fingerprint density at radius 1 is 1.14 bits per heavy atom. The first-order chi connectivity index (χ1) is 13.6. The van der Waals surface area contributed by atoms with E-state index in [9.17, 15) is 9.59 Å². The van der Waals surface area contributed by atoms with Gasteiger partial charge in [0.05, 0.1) is 11.7 Å². The zero-order valence-corrected chi connectivity index (χ0v) is 15.9. The number of hydrogen-bond acceptors (Lipinski definition) is 5. The van der Waals surface area contributed by atoms with Crippen molar-refractivity contribution in [3.63, 3.8) is 0 Å². The van der Waals surface area contributed by atoms with Crippen molar-refractivity contribution in [1.29, 1.82) is 0 Å². The van der Waals surface area contributed by atoms with E-state index >= 15 is 0 Å². The van der Waals surface area contributed by atoms with Crippen LogP contribution in [0.3, 0.4) is 0 Å². The summed E-state index contributed by atoms with van der Waals surface area (Å²) in [5, 5.41) is 2.76. The molecular weight excluding hydrogens is 358 g/mol. The number of nitrogens with one attached hydrogen (secondary N) is 1. The van der Waals surface area contributed by atoms with Crippen LogP contribution in [0.5, 0.6) is 5.75 Å². The SMILES string of the molecule is CC(OC(=O)c1ccc(OCC2CCCO2)cc1)C(=O)NCc1ccccc1. The van der Waals surface area contributed by atoms with E-state index in [4.69, 9.17) is 14.2 Å². The van der Waals surface area contributed by atoms with E-state index in [1.54, 1.807) is 31.2 Å². The molecule has 0 aliphatic carbocycles. The number of benzene rings is 2. The minimum Gasteiger partial charge on any atom is -0.491 e. The first-order valence-corrected chi connectivity index (χ1v) is 9.49. The maximum Gasteiger partial charge on any atom is 0.338 e. The van der Waals surface area contributed by atoms with Crippen molar-refractivity contribution in [2.24, 2.45) is 0 Å². The van der Waals surface area contributed by atoms with Gasteiger partial charge in [-0.05, 0) is 49.6 Å². The summed E-state index contributed by atoms with van der Waals surface area (Å²) in [7, 11) is 0. The number of rotatable bonds is 8.